The lowest BCUT2D eigenvalue weighted by atomic mass is 10.1. The minimum atomic E-state index is 0.650. The summed E-state index contributed by atoms with van der Waals surface area (Å²) >= 11 is 2.44. The molecule has 1 aliphatic heterocycles. The van der Waals surface area contributed by atoms with E-state index in [0.29, 0.717) is 6.04 Å². The fourth-order valence-corrected chi connectivity index (χ4v) is 3.05. The summed E-state index contributed by atoms with van der Waals surface area (Å²) in [4.78, 5) is 2.54. The Hall–Kier alpha value is -0.290. The Morgan fingerprint density at radius 1 is 1.44 bits per heavy atom. The van der Waals surface area contributed by atoms with Crippen molar-refractivity contribution in [2.75, 3.05) is 24.5 Å². The molecule has 0 bridgehead atoms. The summed E-state index contributed by atoms with van der Waals surface area (Å²) in [5.74, 6) is 0. The third-order valence-electron chi connectivity index (χ3n) is 3.64. The molecule has 1 saturated heterocycles. The number of anilines is 1. The molecule has 1 fully saturated rings. The van der Waals surface area contributed by atoms with Crippen molar-refractivity contribution in [1.29, 1.82) is 0 Å². The molecule has 3 heteroatoms. The Balaban J connectivity index is 2.12. The molecule has 18 heavy (non-hydrogen) atoms. The predicted molar refractivity (Wildman–Crippen MR) is 87.4 cm³/mol. The van der Waals surface area contributed by atoms with Gasteiger partial charge < -0.3 is 10.2 Å². The maximum atomic E-state index is 3.66. The first-order valence-corrected chi connectivity index (χ1v) is 8.03. The molecule has 1 unspecified atom stereocenters. The molecular formula is C15H23IN2. The van der Waals surface area contributed by atoms with Crippen molar-refractivity contribution < 1.29 is 0 Å². The summed E-state index contributed by atoms with van der Waals surface area (Å²) in [5.41, 5.74) is 2.76. The molecule has 2 nitrogen and oxygen atoms in total. The van der Waals surface area contributed by atoms with Gasteiger partial charge in [0.05, 0.1) is 0 Å². The van der Waals surface area contributed by atoms with Crippen LogP contribution < -0.4 is 10.2 Å². The third kappa shape index (κ3) is 3.60. The minimum absolute atomic E-state index is 0.650. The van der Waals surface area contributed by atoms with Crippen LogP contribution in [0.2, 0.25) is 0 Å². The zero-order chi connectivity index (χ0) is 13.0. The molecule has 1 heterocycles. The van der Waals surface area contributed by atoms with Crippen molar-refractivity contribution in [1.82, 2.24) is 5.32 Å². The van der Waals surface area contributed by atoms with Gasteiger partial charge in [0.2, 0.25) is 0 Å². The standard InChI is InChI=1S/C15H23IN2/c1-3-5-13-11-18(9-4-8-17-13)14-7-6-12(2)15(16)10-14/h6-7,10,13,17H,3-5,8-9,11H2,1-2H3. The van der Waals surface area contributed by atoms with Crippen LogP contribution in [0.3, 0.4) is 0 Å². The number of nitrogens with one attached hydrogen (secondary N) is 1. The van der Waals surface area contributed by atoms with Gasteiger partial charge in [-0.25, -0.2) is 0 Å². The van der Waals surface area contributed by atoms with Crippen molar-refractivity contribution in [3.8, 4) is 0 Å². The molecule has 1 aromatic carbocycles. The third-order valence-corrected chi connectivity index (χ3v) is 4.80. The average molecular weight is 358 g/mol. The quantitative estimate of drug-likeness (QED) is 0.832. The van der Waals surface area contributed by atoms with Gasteiger partial charge in [-0.2, -0.15) is 0 Å². The van der Waals surface area contributed by atoms with Gasteiger partial charge in [0.25, 0.3) is 0 Å². The Kier molecular flexibility index (Phi) is 5.30. The van der Waals surface area contributed by atoms with E-state index in [-0.39, 0.29) is 0 Å². The highest BCUT2D eigenvalue weighted by molar-refractivity contribution is 14.1. The van der Waals surface area contributed by atoms with Gasteiger partial charge >= 0.3 is 0 Å². The number of nitrogens with zero attached hydrogens (tertiary/aromatic N) is 1. The second-order valence-electron chi connectivity index (χ2n) is 5.17. The molecule has 1 atom stereocenters. The molecule has 1 aliphatic rings. The molecular weight excluding hydrogens is 335 g/mol. The van der Waals surface area contributed by atoms with E-state index >= 15 is 0 Å². The van der Waals surface area contributed by atoms with Gasteiger partial charge in [0.15, 0.2) is 0 Å². The van der Waals surface area contributed by atoms with Crippen LogP contribution in [0.5, 0.6) is 0 Å². The Morgan fingerprint density at radius 2 is 2.28 bits per heavy atom. The Bertz CT molecular complexity index is 392. The molecule has 0 aliphatic carbocycles. The average Bonchev–Trinajstić information content (AvgIpc) is 2.59. The second kappa shape index (κ2) is 6.75. The normalized spacial score (nSPS) is 20.8. The molecule has 1 N–H and O–H groups in total. The van der Waals surface area contributed by atoms with Crippen LogP contribution in [-0.2, 0) is 0 Å². The Labute approximate surface area is 124 Å². The van der Waals surface area contributed by atoms with Gasteiger partial charge in [-0.15, -0.1) is 0 Å². The summed E-state index contributed by atoms with van der Waals surface area (Å²) in [6, 6.07) is 7.48. The number of rotatable bonds is 3. The fraction of sp³-hybridized carbons (Fsp3) is 0.600. The summed E-state index contributed by atoms with van der Waals surface area (Å²) in [7, 11) is 0. The summed E-state index contributed by atoms with van der Waals surface area (Å²) in [6.45, 7) is 7.92. The van der Waals surface area contributed by atoms with E-state index in [0.717, 1.165) is 13.1 Å². The van der Waals surface area contributed by atoms with E-state index in [2.05, 4.69) is 64.9 Å². The van der Waals surface area contributed by atoms with Crippen molar-refractivity contribution in [3.63, 3.8) is 0 Å². The number of benzene rings is 1. The first kappa shape index (κ1) is 14.1. The van der Waals surface area contributed by atoms with Crippen LogP contribution in [0, 0.1) is 10.5 Å². The van der Waals surface area contributed by atoms with E-state index < -0.39 is 0 Å². The molecule has 0 spiro atoms. The van der Waals surface area contributed by atoms with Gasteiger partial charge in [0, 0.05) is 28.4 Å². The molecule has 2 rings (SSSR count). The van der Waals surface area contributed by atoms with Crippen molar-refractivity contribution in [3.05, 3.63) is 27.3 Å². The zero-order valence-corrected chi connectivity index (χ0v) is 13.5. The van der Waals surface area contributed by atoms with Crippen LogP contribution in [0.25, 0.3) is 0 Å². The van der Waals surface area contributed by atoms with E-state index in [1.807, 2.05) is 0 Å². The highest BCUT2D eigenvalue weighted by atomic mass is 127. The summed E-state index contributed by atoms with van der Waals surface area (Å²) in [6.07, 6.45) is 3.78. The van der Waals surface area contributed by atoms with Crippen LogP contribution in [0.15, 0.2) is 18.2 Å². The van der Waals surface area contributed by atoms with Gasteiger partial charge in [-0.1, -0.05) is 19.4 Å². The van der Waals surface area contributed by atoms with Crippen molar-refractivity contribution in [2.24, 2.45) is 0 Å². The molecule has 1 aromatic rings. The topological polar surface area (TPSA) is 15.3 Å². The van der Waals surface area contributed by atoms with Crippen molar-refractivity contribution >= 4 is 28.3 Å². The highest BCUT2D eigenvalue weighted by Crippen LogP contribution is 2.22. The van der Waals surface area contributed by atoms with Crippen LogP contribution >= 0.6 is 22.6 Å². The first-order chi connectivity index (χ1) is 8.70. The lowest BCUT2D eigenvalue weighted by molar-refractivity contribution is 0.502. The van der Waals surface area contributed by atoms with E-state index in [9.17, 15) is 0 Å². The molecule has 0 amide bonds. The fourth-order valence-electron chi connectivity index (χ4n) is 2.55. The van der Waals surface area contributed by atoms with Crippen LogP contribution in [0.4, 0.5) is 5.69 Å². The van der Waals surface area contributed by atoms with Gasteiger partial charge in [0.1, 0.15) is 0 Å². The van der Waals surface area contributed by atoms with Crippen molar-refractivity contribution in [2.45, 2.75) is 39.2 Å². The Morgan fingerprint density at radius 3 is 3.00 bits per heavy atom. The number of halogens is 1. The molecule has 100 valence electrons. The highest BCUT2D eigenvalue weighted by Gasteiger charge is 2.17. The lowest BCUT2D eigenvalue weighted by Crippen LogP contribution is -2.37. The zero-order valence-electron chi connectivity index (χ0n) is 11.4. The molecule has 0 radical (unpaired) electrons. The summed E-state index contributed by atoms with van der Waals surface area (Å²) < 4.78 is 1.37. The van der Waals surface area contributed by atoms with Gasteiger partial charge in [-0.05, 0) is 66.6 Å². The van der Waals surface area contributed by atoms with E-state index in [1.165, 1.54) is 40.6 Å². The van der Waals surface area contributed by atoms with Crippen LogP contribution in [0.1, 0.15) is 31.7 Å². The lowest BCUT2D eigenvalue weighted by Gasteiger charge is -2.26. The number of hydrogen-bond acceptors (Lipinski definition) is 2. The molecule has 0 aromatic heterocycles. The smallest absolute Gasteiger partial charge is 0.0377 e. The second-order valence-corrected chi connectivity index (χ2v) is 6.33. The first-order valence-electron chi connectivity index (χ1n) is 6.95. The molecule has 0 saturated carbocycles. The number of hydrogen-bond donors (Lipinski definition) is 1. The van der Waals surface area contributed by atoms with Gasteiger partial charge in [-0.3, -0.25) is 0 Å². The predicted octanol–water partition coefficient (Wildman–Crippen LogP) is 3.57. The van der Waals surface area contributed by atoms with E-state index in [1.54, 1.807) is 0 Å². The summed E-state index contributed by atoms with van der Waals surface area (Å²) in [5, 5.41) is 3.66. The minimum Gasteiger partial charge on any atom is -0.370 e. The van der Waals surface area contributed by atoms with E-state index in [4.69, 9.17) is 0 Å². The van der Waals surface area contributed by atoms with Crippen LogP contribution in [-0.4, -0.2) is 25.7 Å². The maximum absolute atomic E-state index is 3.66. The SMILES string of the molecule is CCCC1CN(c2ccc(C)c(I)c2)CCCN1. The maximum Gasteiger partial charge on any atom is 0.0377 e. The largest absolute Gasteiger partial charge is 0.370 e. The number of aryl methyl sites for hydroxylation is 1. The monoisotopic (exact) mass is 358 g/mol.